The van der Waals surface area contributed by atoms with Gasteiger partial charge in [-0.2, -0.15) is 0 Å². The molecule has 0 saturated carbocycles. The Morgan fingerprint density at radius 1 is 1.31 bits per heavy atom. The highest BCUT2D eigenvalue weighted by Gasteiger charge is 2.07. The van der Waals surface area contributed by atoms with Gasteiger partial charge in [0.25, 0.3) is 0 Å². The number of anilines is 2. The van der Waals surface area contributed by atoms with Crippen LogP contribution in [-0.2, 0) is 0 Å². The molecule has 13 heavy (non-hydrogen) atoms. The monoisotopic (exact) mass is 214 g/mol. The van der Waals surface area contributed by atoms with Crippen LogP contribution in [0.3, 0.4) is 0 Å². The maximum absolute atomic E-state index is 5.96. The highest BCUT2D eigenvalue weighted by molar-refractivity contribution is 8.00. The molecule has 72 valence electrons. The first-order valence-electron chi connectivity index (χ1n) is 4.05. The van der Waals surface area contributed by atoms with Gasteiger partial charge in [0, 0.05) is 10.6 Å². The fraction of sp³-hybridized carbons (Fsp3) is 0.333. The molecule has 0 atom stereocenters. The van der Waals surface area contributed by atoms with Crippen LogP contribution in [0.2, 0.25) is 0 Å². The molecular formula is C9H14N2S2. The van der Waals surface area contributed by atoms with Crippen LogP contribution in [0.15, 0.2) is 21.9 Å². The highest BCUT2D eigenvalue weighted by Crippen LogP contribution is 2.36. The summed E-state index contributed by atoms with van der Waals surface area (Å²) in [5, 5.41) is 0. The summed E-state index contributed by atoms with van der Waals surface area (Å²) in [4.78, 5) is 2.12. The molecule has 0 bridgehead atoms. The number of benzene rings is 1. The Morgan fingerprint density at radius 3 is 2.54 bits per heavy atom. The Balaban J connectivity index is 3.11. The summed E-state index contributed by atoms with van der Waals surface area (Å²) < 4.78 is 0. The summed E-state index contributed by atoms with van der Waals surface area (Å²) in [5.74, 6) is 1.03. The summed E-state index contributed by atoms with van der Waals surface area (Å²) in [5.41, 5.74) is 13.3. The van der Waals surface area contributed by atoms with E-state index in [0.717, 1.165) is 26.9 Å². The van der Waals surface area contributed by atoms with Crippen LogP contribution in [-0.4, -0.2) is 12.0 Å². The summed E-state index contributed by atoms with van der Waals surface area (Å²) in [6, 6.07) is 3.90. The second-order valence-electron chi connectivity index (χ2n) is 2.53. The zero-order valence-corrected chi connectivity index (χ0v) is 9.47. The molecule has 1 aromatic rings. The van der Waals surface area contributed by atoms with Crippen LogP contribution in [0, 0.1) is 0 Å². The van der Waals surface area contributed by atoms with Crippen molar-refractivity contribution in [2.75, 3.05) is 23.5 Å². The second-order valence-corrected chi connectivity index (χ2v) is 4.66. The van der Waals surface area contributed by atoms with Gasteiger partial charge in [-0.15, -0.1) is 23.5 Å². The lowest BCUT2D eigenvalue weighted by molar-refractivity contribution is 1.34. The minimum Gasteiger partial charge on any atom is -0.398 e. The van der Waals surface area contributed by atoms with Crippen molar-refractivity contribution >= 4 is 34.9 Å². The molecule has 4 N–H and O–H groups in total. The van der Waals surface area contributed by atoms with E-state index < -0.39 is 0 Å². The molecule has 1 aromatic carbocycles. The molecule has 0 spiro atoms. The van der Waals surface area contributed by atoms with E-state index in [4.69, 9.17) is 11.5 Å². The standard InChI is InChI=1S/C9H14N2S2/c1-3-13-7-5-4-6(10)9(12-2)8(7)11/h4-5H,3,10-11H2,1-2H3. The molecule has 0 unspecified atom stereocenters. The molecule has 0 aliphatic heterocycles. The van der Waals surface area contributed by atoms with Crippen LogP contribution in [0.5, 0.6) is 0 Å². The normalized spacial score (nSPS) is 10.3. The lowest BCUT2D eigenvalue weighted by atomic mass is 10.3. The quantitative estimate of drug-likeness (QED) is 0.600. The Kier molecular flexibility index (Phi) is 3.81. The molecule has 0 amide bonds. The first kappa shape index (κ1) is 10.6. The van der Waals surface area contributed by atoms with Crippen molar-refractivity contribution in [2.24, 2.45) is 0 Å². The molecule has 0 saturated heterocycles. The smallest absolute Gasteiger partial charge is 0.0611 e. The van der Waals surface area contributed by atoms with Gasteiger partial charge in [0.1, 0.15) is 0 Å². The third-order valence-electron chi connectivity index (χ3n) is 1.69. The maximum Gasteiger partial charge on any atom is 0.0611 e. The topological polar surface area (TPSA) is 52.0 Å². The van der Waals surface area contributed by atoms with E-state index in [1.807, 2.05) is 18.4 Å². The van der Waals surface area contributed by atoms with Crippen molar-refractivity contribution in [1.82, 2.24) is 0 Å². The van der Waals surface area contributed by atoms with E-state index >= 15 is 0 Å². The molecule has 0 aromatic heterocycles. The second kappa shape index (κ2) is 4.67. The van der Waals surface area contributed by atoms with Gasteiger partial charge in [0.15, 0.2) is 0 Å². The van der Waals surface area contributed by atoms with Crippen molar-refractivity contribution in [3.8, 4) is 0 Å². The molecule has 1 rings (SSSR count). The molecule has 2 nitrogen and oxygen atoms in total. The Morgan fingerprint density at radius 2 is 2.00 bits per heavy atom. The third-order valence-corrected chi connectivity index (χ3v) is 3.51. The predicted octanol–water partition coefficient (Wildman–Crippen LogP) is 2.68. The summed E-state index contributed by atoms with van der Waals surface area (Å²) in [7, 11) is 0. The van der Waals surface area contributed by atoms with Gasteiger partial charge in [0.2, 0.25) is 0 Å². The number of thioether (sulfide) groups is 2. The molecule has 0 aliphatic rings. The molecule has 0 fully saturated rings. The van der Waals surface area contributed by atoms with Gasteiger partial charge in [-0.25, -0.2) is 0 Å². The first-order chi connectivity index (χ1) is 6.20. The van der Waals surface area contributed by atoms with Crippen LogP contribution in [0.25, 0.3) is 0 Å². The Labute approximate surface area is 87.5 Å². The van der Waals surface area contributed by atoms with E-state index in [-0.39, 0.29) is 0 Å². The largest absolute Gasteiger partial charge is 0.398 e. The van der Waals surface area contributed by atoms with E-state index in [1.165, 1.54) is 0 Å². The lowest BCUT2D eigenvalue weighted by Crippen LogP contribution is -1.96. The Hall–Kier alpha value is -0.480. The van der Waals surface area contributed by atoms with Crippen molar-refractivity contribution in [3.63, 3.8) is 0 Å². The first-order valence-corrected chi connectivity index (χ1v) is 6.26. The Bertz CT molecular complexity index is 300. The van der Waals surface area contributed by atoms with E-state index in [2.05, 4.69) is 6.92 Å². The van der Waals surface area contributed by atoms with Crippen molar-refractivity contribution in [3.05, 3.63) is 12.1 Å². The van der Waals surface area contributed by atoms with Gasteiger partial charge in [-0.3, -0.25) is 0 Å². The average Bonchev–Trinajstić information content (AvgIpc) is 2.11. The zero-order chi connectivity index (χ0) is 9.84. The number of hydrogen-bond donors (Lipinski definition) is 2. The number of rotatable bonds is 3. The summed E-state index contributed by atoms with van der Waals surface area (Å²) in [6.45, 7) is 2.11. The van der Waals surface area contributed by atoms with Gasteiger partial charge in [-0.1, -0.05) is 6.92 Å². The molecule has 4 heteroatoms. The average molecular weight is 214 g/mol. The SMILES string of the molecule is CCSc1ccc(N)c(SC)c1N. The predicted molar refractivity (Wildman–Crippen MR) is 63.4 cm³/mol. The van der Waals surface area contributed by atoms with Gasteiger partial charge < -0.3 is 11.5 Å². The molecular weight excluding hydrogens is 200 g/mol. The molecule has 0 heterocycles. The highest BCUT2D eigenvalue weighted by atomic mass is 32.2. The fourth-order valence-corrected chi connectivity index (χ4v) is 2.54. The molecule has 0 radical (unpaired) electrons. The van der Waals surface area contributed by atoms with E-state index in [0.29, 0.717) is 0 Å². The van der Waals surface area contributed by atoms with Crippen LogP contribution >= 0.6 is 23.5 Å². The maximum atomic E-state index is 5.96. The number of nitrogen functional groups attached to an aromatic ring is 2. The number of nitrogens with two attached hydrogens (primary N) is 2. The molecule has 0 aliphatic carbocycles. The van der Waals surface area contributed by atoms with Gasteiger partial charge in [-0.05, 0) is 24.1 Å². The zero-order valence-electron chi connectivity index (χ0n) is 7.83. The van der Waals surface area contributed by atoms with Crippen molar-refractivity contribution in [2.45, 2.75) is 16.7 Å². The summed E-state index contributed by atoms with van der Waals surface area (Å²) >= 11 is 3.34. The van der Waals surface area contributed by atoms with Crippen molar-refractivity contribution in [1.29, 1.82) is 0 Å². The number of hydrogen-bond acceptors (Lipinski definition) is 4. The van der Waals surface area contributed by atoms with E-state index in [1.54, 1.807) is 23.5 Å². The minimum absolute atomic E-state index is 0.769. The lowest BCUT2D eigenvalue weighted by Gasteiger charge is -2.10. The van der Waals surface area contributed by atoms with Gasteiger partial charge in [0.05, 0.1) is 10.6 Å². The van der Waals surface area contributed by atoms with Crippen LogP contribution in [0.4, 0.5) is 11.4 Å². The van der Waals surface area contributed by atoms with Gasteiger partial charge >= 0.3 is 0 Å². The van der Waals surface area contributed by atoms with Crippen LogP contribution in [0.1, 0.15) is 6.92 Å². The van der Waals surface area contributed by atoms with E-state index in [9.17, 15) is 0 Å². The van der Waals surface area contributed by atoms with Crippen LogP contribution < -0.4 is 11.5 Å². The summed E-state index contributed by atoms with van der Waals surface area (Å²) in [6.07, 6.45) is 1.99. The minimum atomic E-state index is 0.769. The third kappa shape index (κ3) is 2.25. The van der Waals surface area contributed by atoms with Crippen molar-refractivity contribution < 1.29 is 0 Å². The fourth-order valence-electron chi connectivity index (χ4n) is 1.11.